The van der Waals surface area contributed by atoms with Crippen LogP contribution >= 0.6 is 17.0 Å². The Morgan fingerprint density at radius 1 is 0.765 bits per heavy atom. The van der Waals surface area contributed by atoms with Crippen LogP contribution in [-0.2, 0) is 6.54 Å². The monoisotopic (exact) mass is 515 g/mol. The lowest BCUT2D eigenvalue weighted by Gasteiger charge is -2.17. The van der Waals surface area contributed by atoms with Crippen LogP contribution in [0.4, 0.5) is 11.4 Å². The Morgan fingerprint density at radius 3 is 2.00 bits per heavy atom. The number of nitrogens with one attached hydrogen (secondary N) is 1. The van der Waals surface area contributed by atoms with E-state index in [0.29, 0.717) is 6.61 Å². The first kappa shape index (κ1) is 25.2. The van der Waals surface area contributed by atoms with Crippen molar-refractivity contribution in [3.05, 3.63) is 126 Å². The maximum Gasteiger partial charge on any atom is 0.138 e. The van der Waals surface area contributed by atoms with Gasteiger partial charge >= 0.3 is 0 Å². The standard InChI is InChI=1S/C29H29N3O.BrH/c1-32(23-24-11-5-2-6-12-24)21-22-33-28-19-17-27(18-20-28)31-29(25-13-7-3-8-14-25)30-26-15-9-4-10-16-26;/h2-20H,21-23H2,1H3,(H,30,31);1H. The summed E-state index contributed by atoms with van der Waals surface area (Å²) in [4.78, 5) is 7.12. The Kier molecular flexibility index (Phi) is 9.89. The second kappa shape index (κ2) is 13.3. The number of anilines is 1. The second-order valence-electron chi connectivity index (χ2n) is 7.88. The van der Waals surface area contributed by atoms with Gasteiger partial charge in [0, 0.05) is 24.3 Å². The smallest absolute Gasteiger partial charge is 0.138 e. The summed E-state index contributed by atoms with van der Waals surface area (Å²) in [5, 5.41) is 3.44. The zero-order chi connectivity index (χ0) is 22.7. The zero-order valence-electron chi connectivity index (χ0n) is 19.3. The molecule has 5 heteroatoms. The van der Waals surface area contributed by atoms with Crippen LogP contribution in [0.2, 0.25) is 0 Å². The van der Waals surface area contributed by atoms with Crippen LogP contribution in [0.3, 0.4) is 0 Å². The van der Waals surface area contributed by atoms with Gasteiger partial charge in [0.2, 0.25) is 0 Å². The Labute approximate surface area is 212 Å². The number of aliphatic imine (C=N–C) groups is 1. The largest absolute Gasteiger partial charge is 0.492 e. The number of nitrogens with zero attached hydrogens (tertiary/aromatic N) is 2. The van der Waals surface area contributed by atoms with Gasteiger partial charge in [-0.15, -0.1) is 17.0 Å². The van der Waals surface area contributed by atoms with E-state index in [2.05, 4.69) is 53.7 Å². The summed E-state index contributed by atoms with van der Waals surface area (Å²) < 4.78 is 5.95. The van der Waals surface area contributed by atoms with Crippen molar-refractivity contribution in [3.8, 4) is 5.75 Å². The van der Waals surface area contributed by atoms with Gasteiger partial charge < -0.3 is 10.1 Å². The van der Waals surface area contributed by atoms with E-state index in [1.807, 2.05) is 78.9 Å². The average Bonchev–Trinajstić information content (AvgIpc) is 2.86. The number of para-hydroxylation sites is 1. The number of halogens is 1. The molecule has 0 atom stereocenters. The highest BCUT2D eigenvalue weighted by Gasteiger charge is 2.05. The van der Waals surface area contributed by atoms with Crippen LogP contribution in [0.15, 0.2) is 120 Å². The third-order valence-electron chi connectivity index (χ3n) is 5.20. The number of rotatable bonds is 9. The van der Waals surface area contributed by atoms with Crippen LogP contribution < -0.4 is 10.1 Å². The Morgan fingerprint density at radius 2 is 1.35 bits per heavy atom. The lowest BCUT2D eigenvalue weighted by Crippen LogP contribution is -2.23. The van der Waals surface area contributed by atoms with Crippen molar-refractivity contribution in [2.45, 2.75) is 6.54 Å². The maximum atomic E-state index is 5.95. The van der Waals surface area contributed by atoms with Gasteiger partial charge in [-0.3, -0.25) is 4.90 Å². The van der Waals surface area contributed by atoms with Crippen LogP contribution in [0.1, 0.15) is 11.1 Å². The molecule has 4 aromatic rings. The summed E-state index contributed by atoms with van der Waals surface area (Å²) >= 11 is 0. The summed E-state index contributed by atoms with van der Waals surface area (Å²) in [6, 6.07) is 38.6. The lowest BCUT2D eigenvalue weighted by atomic mass is 10.2. The van der Waals surface area contributed by atoms with Crippen LogP contribution in [0.5, 0.6) is 5.75 Å². The SMILES string of the molecule is Br.CN(CCOc1ccc(N=C(Nc2ccccc2)c2ccccc2)cc1)Cc1ccccc1. The van der Waals surface area contributed by atoms with E-state index < -0.39 is 0 Å². The molecule has 4 nitrogen and oxygen atoms in total. The molecule has 0 radical (unpaired) electrons. The predicted molar refractivity (Wildman–Crippen MR) is 148 cm³/mol. The third kappa shape index (κ3) is 7.87. The van der Waals surface area contributed by atoms with Crippen molar-refractivity contribution < 1.29 is 4.74 Å². The van der Waals surface area contributed by atoms with E-state index in [1.165, 1.54) is 5.56 Å². The highest BCUT2D eigenvalue weighted by molar-refractivity contribution is 8.93. The molecule has 0 fully saturated rings. The van der Waals surface area contributed by atoms with E-state index >= 15 is 0 Å². The fraction of sp³-hybridized carbons (Fsp3) is 0.138. The summed E-state index contributed by atoms with van der Waals surface area (Å²) in [7, 11) is 2.11. The molecule has 0 spiro atoms. The minimum atomic E-state index is 0. The van der Waals surface area contributed by atoms with Gasteiger partial charge in [-0.05, 0) is 49.0 Å². The molecule has 0 aliphatic carbocycles. The van der Waals surface area contributed by atoms with Gasteiger partial charge in [-0.1, -0.05) is 78.9 Å². The van der Waals surface area contributed by atoms with Crippen molar-refractivity contribution in [3.63, 3.8) is 0 Å². The van der Waals surface area contributed by atoms with E-state index in [4.69, 9.17) is 9.73 Å². The first-order chi connectivity index (χ1) is 16.3. The first-order valence-corrected chi connectivity index (χ1v) is 11.2. The fourth-order valence-corrected chi connectivity index (χ4v) is 3.46. The Bertz CT molecular complexity index is 1130. The van der Waals surface area contributed by atoms with Crippen molar-refractivity contribution in [1.82, 2.24) is 4.90 Å². The van der Waals surface area contributed by atoms with Crippen molar-refractivity contribution in [1.29, 1.82) is 0 Å². The molecule has 0 heterocycles. The molecule has 0 aliphatic rings. The Hall–Kier alpha value is -3.41. The normalized spacial score (nSPS) is 11.1. The fourth-order valence-electron chi connectivity index (χ4n) is 3.46. The third-order valence-corrected chi connectivity index (χ3v) is 5.20. The summed E-state index contributed by atoms with van der Waals surface area (Å²) in [5.41, 5.74) is 4.20. The molecule has 0 saturated carbocycles. The molecule has 0 amide bonds. The van der Waals surface area contributed by atoms with Crippen LogP contribution in [0.25, 0.3) is 0 Å². The second-order valence-corrected chi connectivity index (χ2v) is 7.88. The molecular formula is C29H30BrN3O. The minimum absolute atomic E-state index is 0. The Balaban J connectivity index is 0.00000324. The molecule has 174 valence electrons. The van der Waals surface area contributed by atoms with Gasteiger partial charge in [0.15, 0.2) is 0 Å². The van der Waals surface area contributed by atoms with Crippen LogP contribution in [-0.4, -0.2) is 30.9 Å². The van der Waals surface area contributed by atoms with Gasteiger partial charge in [-0.25, -0.2) is 4.99 Å². The van der Waals surface area contributed by atoms with Crippen molar-refractivity contribution in [2.75, 3.05) is 25.5 Å². The summed E-state index contributed by atoms with van der Waals surface area (Å²) in [6.07, 6.45) is 0. The highest BCUT2D eigenvalue weighted by Crippen LogP contribution is 2.20. The first-order valence-electron chi connectivity index (χ1n) is 11.2. The number of likely N-dealkylation sites (N-methyl/N-ethyl adjacent to an activating group) is 1. The maximum absolute atomic E-state index is 5.95. The highest BCUT2D eigenvalue weighted by atomic mass is 79.9. The number of ether oxygens (including phenoxy) is 1. The van der Waals surface area contributed by atoms with E-state index in [9.17, 15) is 0 Å². The van der Waals surface area contributed by atoms with Crippen molar-refractivity contribution >= 4 is 34.2 Å². The molecule has 0 aliphatic heterocycles. The number of hydrogen-bond acceptors (Lipinski definition) is 3. The summed E-state index contributed by atoms with van der Waals surface area (Å²) in [6.45, 7) is 2.40. The van der Waals surface area contributed by atoms with Crippen molar-refractivity contribution in [2.24, 2.45) is 4.99 Å². The molecule has 1 N–H and O–H groups in total. The number of amidine groups is 1. The topological polar surface area (TPSA) is 36.9 Å². The molecule has 4 aromatic carbocycles. The quantitative estimate of drug-likeness (QED) is 0.193. The molecule has 0 unspecified atom stereocenters. The molecule has 4 rings (SSSR count). The van der Waals surface area contributed by atoms with Gasteiger partial charge in [0.25, 0.3) is 0 Å². The lowest BCUT2D eigenvalue weighted by molar-refractivity contribution is 0.233. The molecule has 34 heavy (non-hydrogen) atoms. The van der Waals surface area contributed by atoms with E-state index in [-0.39, 0.29) is 17.0 Å². The van der Waals surface area contributed by atoms with Gasteiger partial charge in [-0.2, -0.15) is 0 Å². The molecule has 0 aromatic heterocycles. The molecule has 0 bridgehead atoms. The van der Waals surface area contributed by atoms with Gasteiger partial charge in [0.05, 0.1) is 5.69 Å². The molecular weight excluding hydrogens is 486 g/mol. The number of benzene rings is 4. The zero-order valence-corrected chi connectivity index (χ0v) is 21.0. The average molecular weight is 516 g/mol. The van der Waals surface area contributed by atoms with Gasteiger partial charge in [0.1, 0.15) is 18.2 Å². The van der Waals surface area contributed by atoms with E-state index in [0.717, 1.165) is 41.6 Å². The predicted octanol–water partition coefficient (Wildman–Crippen LogP) is 6.97. The minimum Gasteiger partial charge on any atom is -0.492 e. The number of hydrogen-bond donors (Lipinski definition) is 1. The summed E-state index contributed by atoms with van der Waals surface area (Å²) in [5.74, 6) is 1.65. The van der Waals surface area contributed by atoms with E-state index in [1.54, 1.807) is 0 Å². The van der Waals surface area contributed by atoms with Crippen LogP contribution in [0, 0.1) is 0 Å². The molecule has 0 saturated heterocycles.